The fraction of sp³-hybridized carbons (Fsp3) is 0.306. The average molecular weight is 605 g/mol. The fourth-order valence-corrected chi connectivity index (χ4v) is 6.38. The lowest BCUT2D eigenvalue weighted by Crippen LogP contribution is -2.40. The zero-order valence-electron chi connectivity index (χ0n) is 25.3. The highest BCUT2D eigenvalue weighted by Gasteiger charge is 2.30. The Morgan fingerprint density at radius 3 is 2.44 bits per heavy atom. The van der Waals surface area contributed by atoms with Gasteiger partial charge in [0.1, 0.15) is 5.82 Å². The van der Waals surface area contributed by atoms with Crippen molar-refractivity contribution in [2.45, 2.75) is 31.8 Å². The summed E-state index contributed by atoms with van der Waals surface area (Å²) in [6.45, 7) is 2.46. The van der Waals surface area contributed by atoms with Gasteiger partial charge < -0.3 is 25.0 Å². The highest BCUT2D eigenvalue weighted by molar-refractivity contribution is 6.09. The molecule has 2 N–H and O–H groups in total. The lowest BCUT2D eigenvalue weighted by atomic mass is 9.93. The van der Waals surface area contributed by atoms with Crippen LogP contribution in [-0.4, -0.2) is 59.2 Å². The standard InChI is InChI=1S/C36H36N4O5/c1-38-33(37-28-10-7-24(8-11-28)35(43)39-15-17-45-18-16-39)20-27(21-34(38)42)29-3-2-4-32(31(29)22-41)40-14-13-26-19-25(23-5-6-23)9-12-30(26)36(40)44/h2-4,7-12,19-21,23,37,41H,5-6,13-18,22H2,1H3. The lowest BCUT2D eigenvalue weighted by Gasteiger charge is -2.31. The second-order valence-electron chi connectivity index (χ2n) is 12.0. The summed E-state index contributed by atoms with van der Waals surface area (Å²) in [7, 11) is 1.69. The molecule has 0 bridgehead atoms. The van der Waals surface area contributed by atoms with Crippen LogP contribution < -0.4 is 15.8 Å². The van der Waals surface area contributed by atoms with Gasteiger partial charge in [0.25, 0.3) is 17.4 Å². The predicted octanol–water partition coefficient (Wildman–Crippen LogP) is 4.84. The average Bonchev–Trinajstić information content (AvgIpc) is 3.93. The zero-order valence-corrected chi connectivity index (χ0v) is 25.3. The van der Waals surface area contributed by atoms with Gasteiger partial charge in [0, 0.05) is 55.1 Å². The number of nitrogens with zero attached hydrogens (tertiary/aromatic N) is 3. The van der Waals surface area contributed by atoms with Crippen LogP contribution in [0.2, 0.25) is 0 Å². The lowest BCUT2D eigenvalue weighted by molar-refractivity contribution is 0.0303. The summed E-state index contributed by atoms with van der Waals surface area (Å²) < 4.78 is 6.87. The van der Waals surface area contributed by atoms with Gasteiger partial charge in [0.15, 0.2) is 0 Å². The summed E-state index contributed by atoms with van der Waals surface area (Å²) in [4.78, 5) is 43.2. The van der Waals surface area contributed by atoms with Crippen molar-refractivity contribution in [3.05, 3.63) is 111 Å². The van der Waals surface area contributed by atoms with Crippen LogP contribution in [0, 0.1) is 0 Å². The van der Waals surface area contributed by atoms with E-state index in [9.17, 15) is 19.5 Å². The number of fused-ring (bicyclic) bond motifs is 1. The molecule has 230 valence electrons. The Morgan fingerprint density at radius 2 is 1.71 bits per heavy atom. The number of amides is 2. The number of hydrogen-bond acceptors (Lipinski definition) is 6. The van der Waals surface area contributed by atoms with E-state index >= 15 is 0 Å². The first-order valence-corrected chi connectivity index (χ1v) is 15.5. The molecule has 3 aromatic carbocycles. The number of morpholine rings is 1. The first kappa shape index (κ1) is 29.0. The molecule has 0 spiro atoms. The molecule has 1 aliphatic carbocycles. The van der Waals surface area contributed by atoms with E-state index < -0.39 is 0 Å². The number of anilines is 3. The maximum atomic E-state index is 13.7. The van der Waals surface area contributed by atoms with E-state index in [1.165, 1.54) is 23.0 Å². The highest BCUT2D eigenvalue weighted by Crippen LogP contribution is 2.41. The minimum Gasteiger partial charge on any atom is -0.392 e. The van der Waals surface area contributed by atoms with Crippen LogP contribution >= 0.6 is 0 Å². The second-order valence-corrected chi connectivity index (χ2v) is 12.0. The molecular formula is C36H36N4O5. The Labute approximate surface area is 261 Å². The van der Waals surface area contributed by atoms with Crippen LogP contribution in [0.25, 0.3) is 11.1 Å². The normalized spacial score (nSPS) is 16.4. The molecule has 0 unspecified atom stereocenters. The van der Waals surface area contributed by atoms with Crippen molar-refractivity contribution in [3.8, 4) is 11.1 Å². The van der Waals surface area contributed by atoms with Crippen LogP contribution in [-0.2, 0) is 24.8 Å². The number of rotatable bonds is 7. The molecule has 1 saturated carbocycles. The molecule has 1 aromatic heterocycles. The van der Waals surface area contributed by atoms with Gasteiger partial charge in [-0.25, -0.2) is 0 Å². The molecule has 9 nitrogen and oxygen atoms in total. The van der Waals surface area contributed by atoms with Crippen molar-refractivity contribution in [1.29, 1.82) is 0 Å². The van der Waals surface area contributed by atoms with Gasteiger partial charge in [0.2, 0.25) is 0 Å². The van der Waals surface area contributed by atoms with Crippen molar-refractivity contribution in [1.82, 2.24) is 9.47 Å². The number of aromatic nitrogens is 1. The van der Waals surface area contributed by atoms with Crippen molar-refractivity contribution in [2.75, 3.05) is 43.1 Å². The molecule has 0 atom stereocenters. The molecule has 2 amide bonds. The number of pyridine rings is 1. The maximum absolute atomic E-state index is 13.7. The van der Waals surface area contributed by atoms with Crippen molar-refractivity contribution < 1.29 is 19.4 Å². The highest BCUT2D eigenvalue weighted by atomic mass is 16.5. The molecule has 3 heterocycles. The smallest absolute Gasteiger partial charge is 0.258 e. The SMILES string of the molecule is Cn1c(Nc2ccc(C(=O)N3CCOCC3)cc2)cc(-c2cccc(N3CCc4cc(C5CC5)ccc4C3=O)c2CO)cc1=O. The molecule has 7 rings (SSSR count). The molecule has 2 fully saturated rings. The van der Waals surface area contributed by atoms with E-state index in [0.717, 1.165) is 17.7 Å². The van der Waals surface area contributed by atoms with Gasteiger partial charge in [-0.3, -0.25) is 19.0 Å². The number of aliphatic hydroxyl groups excluding tert-OH is 1. The predicted molar refractivity (Wildman–Crippen MR) is 173 cm³/mol. The minimum atomic E-state index is -0.292. The van der Waals surface area contributed by atoms with Gasteiger partial charge in [-0.1, -0.05) is 24.3 Å². The van der Waals surface area contributed by atoms with Crippen molar-refractivity contribution in [3.63, 3.8) is 0 Å². The van der Waals surface area contributed by atoms with Gasteiger partial charge in [-0.05, 0) is 89.9 Å². The third-order valence-corrected chi connectivity index (χ3v) is 9.14. The van der Waals surface area contributed by atoms with E-state index in [1.807, 2.05) is 42.5 Å². The molecule has 4 aromatic rings. The summed E-state index contributed by atoms with van der Waals surface area (Å²) in [5.74, 6) is 1.07. The fourth-order valence-electron chi connectivity index (χ4n) is 6.38. The minimum absolute atomic E-state index is 0.0330. The van der Waals surface area contributed by atoms with Gasteiger partial charge in [0.05, 0.1) is 25.5 Å². The molecule has 0 radical (unpaired) electrons. The largest absolute Gasteiger partial charge is 0.392 e. The van der Waals surface area contributed by atoms with Crippen LogP contribution in [0.15, 0.2) is 77.6 Å². The zero-order chi connectivity index (χ0) is 31.1. The summed E-state index contributed by atoms with van der Waals surface area (Å²) in [5.41, 5.74) is 6.75. The Bertz CT molecular complexity index is 1840. The molecule has 45 heavy (non-hydrogen) atoms. The Balaban J connectivity index is 1.16. The molecule has 9 heteroatoms. The summed E-state index contributed by atoms with van der Waals surface area (Å²) >= 11 is 0. The Hall–Kier alpha value is -4.73. The third kappa shape index (κ3) is 5.65. The number of hydrogen-bond donors (Lipinski definition) is 2. The van der Waals surface area contributed by atoms with E-state index in [4.69, 9.17) is 4.74 Å². The first-order valence-electron chi connectivity index (χ1n) is 15.5. The molecule has 3 aliphatic rings. The second kappa shape index (κ2) is 12.0. The first-order chi connectivity index (χ1) is 21.9. The third-order valence-electron chi connectivity index (χ3n) is 9.14. The van der Waals surface area contributed by atoms with Gasteiger partial charge in [-0.15, -0.1) is 0 Å². The number of carbonyl (C=O) groups is 2. The van der Waals surface area contributed by atoms with E-state index in [2.05, 4.69) is 17.4 Å². The number of benzene rings is 3. The van der Waals surface area contributed by atoms with Crippen molar-refractivity contribution in [2.24, 2.45) is 7.05 Å². The van der Waals surface area contributed by atoms with Crippen LogP contribution in [0.3, 0.4) is 0 Å². The van der Waals surface area contributed by atoms with E-state index in [0.29, 0.717) is 78.1 Å². The summed E-state index contributed by atoms with van der Waals surface area (Å²) in [6.07, 6.45) is 3.18. The van der Waals surface area contributed by atoms with E-state index in [1.54, 1.807) is 35.0 Å². The Kier molecular flexibility index (Phi) is 7.73. The number of carbonyl (C=O) groups excluding carboxylic acids is 2. The topological polar surface area (TPSA) is 104 Å². The number of nitrogens with one attached hydrogen (secondary N) is 1. The van der Waals surface area contributed by atoms with Crippen LogP contribution in [0.5, 0.6) is 0 Å². The van der Waals surface area contributed by atoms with Gasteiger partial charge >= 0.3 is 0 Å². The Morgan fingerprint density at radius 1 is 0.933 bits per heavy atom. The quantitative estimate of drug-likeness (QED) is 0.313. The van der Waals surface area contributed by atoms with Crippen LogP contribution in [0.1, 0.15) is 56.2 Å². The number of aliphatic hydroxyl groups is 1. The summed E-state index contributed by atoms with van der Waals surface area (Å²) in [5, 5.41) is 13.9. The van der Waals surface area contributed by atoms with Crippen molar-refractivity contribution >= 4 is 29.0 Å². The summed E-state index contributed by atoms with van der Waals surface area (Å²) in [6, 6.07) is 22.4. The monoisotopic (exact) mass is 604 g/mol. The maximum Gasteiger partial charge on any atom is 0.258 e. The molecule has 1 saturated heterocycles. The molecular weight excluding hydrogens is 568 g/mol. The number of ether oxygens (including phenoxy) is 1. The van der Waals surface area contributed by atoms with E-state index in [-0.39, 0.29) is 24.0 Å². The van der Waals surface area contributed by atoms with Gasteiger partial charge in [-0.2, -0.15) is 0 Å². The molecule has 2 aliphatic heterocycles. The van der Waals surface area contributed by atoms with Crippen LogP contribution in [0.4, 0.5) is 17.2 Å².